The lowest BCUT2D eigenvalue weighted by Gasteiger charge is -2.16. The van der Waals surface area contributed by atoms with Crippen LogP contribution in [-0.4, -0.2) is 0 Å². The maximum atomic E-state index is 2.31. The van der Waals surface area contributed by atoms with Crippen molar-refractivity contribution in [3.63, 3.8) is 0 Å². The summed E-state index contributed by atoms with van der Waals surface area (Å²) in [7, 11) is 0. The third-order valence-corrected chi connectivity index (χ3v) is 3.53. The molecule has 0 heterocycles. The summed E-state index contributed by atoms with van der Waals surface area (Å²) in [6.07, 6.45) is 11.0. The highest BCUT2D eigenvalue weighted by Crippen LogP contribution is 2.20. The number of hydrogen-bond acceptors (Lipinski definition) is 0. The number of unbranched alkanes of at least 4 members (excludes halogenated alkanes) is 3. The van der Waals surface area contributed by atoms with Crippen molar-refractivity contribution >= 4 is 0 Å². The first kappa shape index (κ1) is 14.3. The van der Waals surface area contributed by atoms with Gasteiger partial charge >= 0.3 is 0 Å². The van der Waals surface area contributed by atoms with Gasteiger partial charge in [0.2, 0.25) is 0 Å². The molecule has 1 aromatic carbocycles. The monoisotopic (exact) mass is 232 g/mol. The van der Waals surface area contributed by atoms with Gasteiger partial charge in [-0.3, -0.25) is 0 Å². The predicted octanol–water partition coefficient (Wildman–Crippen LogP) is 5.62. The Balaban J connectivity index is 2.32. The van der Waals surface area contributed by atoms with Gasteiger partial charge in [0.05, 0.1) is 0 Å². The molecule has 0 aromatic heterocycles. The van der Waals surface area contributed by atoms with E-state index in [4.69, 9.17) is 0 Å². The first-order valence-corrected chi connectivity index (χ1v) is 7.40. The van der Waals surface area contributed by atoms with E-state index in [0.29, 0.717) is 0 Å². The summed E-state index contributed by atoms with van der Waals surface area (Å²) in [5.41, 5.74) is 1.52. The maximum Gasteiger partial charge on any atom is -0.0250 e. The number of rotatable bonds is 9. The minimum absolute atomic E-state index is 0.902. The molecule has 1 aromatic rings. The Morgan fingerprint density at radius 3 is 2.24 bits per heavy atom. The second-order valence-electron chi connectivity index (χ2n) is 5.19. The summed E-state index contributed by atoms with van der Waals surface area (Å²) < 4.78 is 0. The average molecular weight is 232 g/mol. The van der Waals surface area contributed by atoms with Gasteiger partial charge in [-0.05, 0) is 17.9 Å². The normalized spacial score (nSPS) is 12.6. The van der Waals surface area contributed by atoms with Crippen LogP contribution in [0, 0.1) is 5.92 Å². The van der Waals surface area contributed by atoms with Crippen molar-refractivity contribution in [2.24, 2.45) is 5.92 Å². The fourth-order valence-corrected chi connectivity index (χ4v) is 2.56. The van der Waals surface area contributed by atoms with Crippen LogP contribution in [-0.2, 0) is 6.42 Å². The molecule has 0 saturated heterocycles. The zero-order valence-electron chi connectivity index (χ0n) is 11.6. The lowest BCUT2D eigenvalue weighted by atomic mass is 9.90. The molecule has 17 heavy (non-hydrogen) atoms. The van der Waals surface area contributed by atoms with Gasteiger partial charge < -0.3 is 0 Å². The van der Waals surface area contributed by atoms with E-state index >= 15 is 0 Å². The Morgan fingerprint density at radius 2 is 1.59 bits per heavy atom. The minimum atomic E-state index is 0.902. The van der Waals surface area contributed by atoms with E-state index in [2.05, 4.69) is 44.2 Å². The highest BCUT2D eigenvalue weighted by molar-refractivity contribution is 5.15. The molecule has 0 N–H and O–H groups in total. The lowest BCUT2D eigenvalue weighted by molar-refractivity contribution is 0.419. The fraction of sp³-hybridized carbons (Fsp3) is 0.647. The van der Waals surface area contributed by atoms with Crippen LogP contribution in [0.15, 0.2) is 30.3 Å². The SMILES string of the molecule is CCCCCCC(CCC)Cc1ccccc1. The molecule has 1 rings (SSSR count). The van der Waals surface area contributed by atoms with Crippen molar-refractivity contribution in [1.82, 2.24) is 0 Å². The summed E-state index contributed by atoms with van der Waals surface area (Å²) in [6, 6.07) is 11.0. The molecule has 0 aliphatic heterocycles. The standard InChI is InChI=1S/C17H28/c1-3-5-6-8-12-16(11-4-2)15-17-13-9-7-10-14-17/h7,9-10,13-14,16H,3-6,8,11-12,15H2,1-2H3. The van der Waals surface area contributed by atoms with Gasteiger partial charge in [0, 0.05) is 0 Å². The maximum absolute atomic E-state index is 2.31. The van der Waals surface area contributed by atoms with Crippen molar-refractivity contribution in [1.29, 1.82) is 0 Å². The summed E-state index contributed by atoms with van der Waals surface area (Å²) >= 11 is 0. The van der Waals surface area contributed by atoms with Gasteiger partial charge in [-0.15, -0.1) is 0 Å². The van der Waals surface area contributed by atoms with Gasteiger partial charge in [0.15, 0.2) is 0 Å². The van der Waals surface area contributed by atoms with E-state index in [-0.39, 0.29) is 0 Å². The summed E-state index contributed by atoms with van der Waals surface area (Å²) in [5, 5.41) is 0. The molecular weight excluding hydrogens is 204 g/mol. The largest absolute Gasteiger partial charge is 0.0654 e. The van der Waals surface area contributed by atoms with Crippen molar-refractivity contribution in [3.8, 4) is 0 Å². The van der Waals surface area contributed by atoms with Crippen LogP contribution in [0.25, 0.3) is 0 Å². The molecule has 0 saturated carbocycles. The number of benzene rings is 1. The molecular formula is C17H28. The topological polar surface area (TPSA) is 0 Å². The first-order chi connectivity index (χ1) is 8.36. The van der Waals surface area contributed by atoms with E-state index in [1.54, 1.807) is 0 Å². The quantitative estimate of drug-likeness (QED) is 0.485. The van der Waals surface area contributed by atoms with E-state index in [0.717, 1.165) is 5.92 Å². The molecule has 0 nitrogen and oxygen atoms in total. The Hall–Kier alpha value is -0.780. The summed E-state index contributed by atoms with van der Waals surface area (Å²) in [6.45, 7) is 4.59. The first-order valence-electron chi connectivity index (χ1n) is 7.40. The molecule has 1 unspecified atom stereocenters. The van der Waals surface area contributed by atoms with Crippen LogP contribution in [0.4, 0.5) is 0 Å². The Labute approximate surface area is 107 Å². The van der Waals surface area contributed by atoms with Gasteiger partial charge in [-0.25, -0.2) is 0 Å². The molecule has 0 heteroatoms. The second-order valence-corrected chi connectivity index (χ2v) is 5.19. The molecule has 0 bridgehead atoms. The van der Waals surface area contributed by atoms with Crippen LogP contribution in [0.1, 0.15) is 64.4 Å². The number of hydrogen-bond donors (Lipinski definition) is 0. The molecule has 0 aliphatic rings. The molecule has 0 amide bonds. The van der Waals surface area contributed by atoms with E-state index in [1.807, 2.05) is 0 Å². The predicted molar refractivity (Wildman–Crippen MR) is 77.3 cm³/mol. The van der Waals surface area contributed by atoms with Crippen LogP contribution >= 0.6 is 0 Å². The van der Waals surface area contributed by atoms with Crippen molar-refractivity contribution in [3.05, 3.63) is 35.9 Å². The molecule has 0 spiro atoms. The van der Waals surface area contributed by atoms with Gasteiger partial charge in [0.25, 0.3) is 0 Å². The van der Waals surface area contributed by atoms with Crippen LogP contribution in [0.3, 0.4) is 0 Å². The zero-order chi connectivity index (χ0) is 12.3. The molecule has 0 fully saturated rings. The molecule has 0 aliphatic carbocycles. The molecule has 96 valence electrons. The third kappa shape index (κ3) is 6.51. The summed E-state index contributed by atoms with van der Waals surface area (Å²) in [4.78, 5) is 0. The fourth-order valence-electron chi connectivity index (χ4n) is 2.56. The van der Waals surface area contributed by atoms with Gasteiger partial charge in [-0.2, -0.15) is 0 Å². The van der Waals surface area contributed by atoms with Crippen molar-refractivity contribution < 1.29 is 0 Å². The molecule has 0 radical (unpaired) electrons. The summed E-state index contributed by atoms with van der Waals surface area (Å²) in [5.74, 6) is 0.902. The lowest BCUT2D eigenvalue weighted by Crippen LogP contribution is -2.04. The zero-order valence-corrected chi connectivity index (χ0v) is 11.6. The highest BCUT2D eigenvalue weighted by Gasteiger charge is 2.08. The van der Waals surface area contributed by atoms with Gasteiger partial charge in [0.1, 0.15) is 0 Å². The second kappa shape index (κ2) is 9.27. The smallest absolute Gasteiger partial charge is 0.0250 e. The minimum Gasteiger partial charge on any atom is -0.0654 e. The van der Waals surface area contributed by atoms with Crippen LogP contribution < -0.4 is 0 Å². The van der Waals surface area contributed by atoms with Crippen molar-refractivity contribution in [2.75, 3.05) is 0 Å². The highest BCUT2D eigenvalue weighted by atomic mass is 14.1. The van der Waals surface area contributed by atoms with E-state index < -0.39 is 0 Å². The average Bonchev–Trinajstić information content (AvgIpc) is 2.36. The Morgan fingerprint density at radius 1 is 0.824 bits per heavy atom. The van der Waals surface area contributed by atoms with Crippen LogP contribution in [0.5, 0.6) is 0 Å². The molecule has 1 atom stereocenters. The van der Waals surface area contributed by atoms with E-state index in [1.165, 1.54) is 56.9 Å². The van der Waals surface area contributed by atoms with Crippen LogP contribution in [0.2, 0.25) is 0 Å². The van der Waals surface area contributed by atoms with Crippen molar-refractivity contribution in [2.45, 2.75) is 65.2 Å². The Bertz CT molecular complexity index is 263. The Kier molecular flexibility index (Phi) is 7.79. The third-order valence-electron chi connectivity index (χ3n) is 3.53. The van der Waals surface area contributed by atoms with E-state index in [9.17, 15) is 0 Å². The van der Waals surface area contributed by atoms with Gasteiger partial charge in [-0.1, -0.05) is 89.1 Å².